The largest absolute Gasteiger partial charge is 0.507 e. The maximum Gasteiger partial charge on any atom is 0.300 e. The van der Waals surface area contributed by atoms with Crippen LogP contribution >= 0.6 is 11.6 Å². The quantitative estimate of drug-likeness (QED) is 0.232. The van der Waals surface area contributed by atoms with Gasteiger partial charge < -0.3 is 9.84 Å². The van der Waals surface area contributed by atoms with Crippen LogP contribution < -0.4 is 9.64 Å². The normalized spacial score (nSPS) is 17.5. The Hall–Kier alpha value is -3.57. The zero-order chi connectivity index (χ0) is 26.2. The number of ketones is 1. The molecule has 1 heterocycles. The maximum absolute atomic E-state index is 13.5. The summed E-state index contributed by atoms with van der Waals surface area (Å²) in [6, 6.07) is 19.0. The molecule has 1 atom stereocenters. The molecule has 36 heavy (non-hydrogen) atoms. The van der Waals surface area contributed by atoms with Crippen LogP contribution in [0.1, 0.15) is 56.0 Å². The van der Waals surface area contributed by atoms with Crippen LogP contribution in [0.3, 0.4) is 0 Å². The zero-order valence-corrected chi connectivity index (χ0v) is 21.9. The summed E-state index contributed by atoms with van der Waals surface area (Å²) < 4.78 is 5.81. The second-order valence-electron chi connectivity index (χ2n) is 9.86. The molecule has 5 nitrogen and oxygen atoms in total. The number of anilines is 1. The Balaban J connectivity index is 1.96. The van der Waals surface area contributed by atoms with Crippen LogP contribution in [0.4, 0.5) is 5.69 Å². The van der Waals surface area contributed by atoms with Gasteiger partial charge in [-0.25, -0.2) is 0 Å². The van der Waals surface area contributed by atoms with Crippen LogP contribution in [-0.2, 0) is 15.0 Å². The summed E-state index contributed by atoms with van der Waals surface area (Å²) in [5, 5.41) is 12.0. The summed E-state index contributed by atoms with van der Waals surface area (Å²) in [6.45, 7) is 10.4. The molecule has 0 saturated carbocycles. The maximum atomic E-state index is 13.5. The molecule has 1 unspecified atom stereocenters. The van der Waals surface area contributed by atoms with E-state index < -0.39 is 17.7 Å². The summed E-state index contributed by atoms with van der Waals surface area (Å²) in [6.07, 6.45) is 0. The van der Waals surface area contributed by atoms with Gasteiger partial charge in [-0.15, -0.1) is 0 Å². The fourth-order valence-electron chi connectivity index (χ4n) is 4.59. The average Bonchev–Trinajstić information content (AvgIpc) is 3.11. The van der Waals surface area contributed by atoms with Crippen molar-refractivity contribution in [2.75, 3.05) is 11.5 Å². The van der Waals surface area contributed by atoms with Crippen molar-refractivity contribution in [1.82, 2.24) is 0 Å². The number of carbonyl (C=O) groups excluding carboxylic acids is 2. The molecule has 186 valence electrons. The second kappa shape index (κ2) is 9.82. The molecule has 1 aliphatic heterocycles. The lowest BCUT2D eigenvalue weighted by atomic mass is 9.84. The molecule has 4 rings (SSSR count). The van der Waals surface area contributed by atoms with Crippen LogP contribution in [-0.4, -0.2) is 23.4 Å². The van der Waals surface area contributed by atoms with Crippen molar-refractivity contribution < 1.29 is 19.4 Å². The number of benzene rings is 3. The van der Waals surface area contributed by atoms with Crippen molar-refractivity contribution in [2.45, 2.75) is 46.1 Å². The molecule has 3 aromatic carbocycles. The lowest BCUT2D eigenvalue weighted by Crippen LogP contribution is -2.30. The van der Waals surface area contributed by atoms with E-state index in [9.17, 15) is 14.7 Å². The van der Waals surface area contributed by atoms with Crippen LogP contribution in [0.25, 0.3) is 5.76 Å². The Bertz CT molecular complexity index is 1360. The highest BCUT2D eigenvalue weighted by Crippen LogP contribution is 2.44. The number of aliphatic hydroxyl groups is 1. The topological polar surface area (TPSA) is 66.8 Å². The Morgan fingerprint density at radius 2 is 1.72 bits per heavy atom. The second-order valence-corrected chi connectivity index (χ2v) is 10.3. The third-order valence-electron chi connectivity index (χ3n) is 6.42. The first-order valence-electron chi connectivity index (χ1n) is 11.9. The minimum absolute atomic E-state index is 0.0367. The van der Waals surface area contributed by atoms with E-state index in [1.54, 1.807) is 37.3 Å². The molecule has 1 fully saturated rings. The van der Waals surface area contributed by atoms with Gasteiger partial charge in [0.05, 0.1) is 18.2 Å². The SMILES string of the molecule is CCOc1ccc(/C(O)=C2\C(=O)C(=O)N(c3cccc(Cl)c3C)C2c2ccccc2)cc1C(C)(C)C. The zero-order valence-electron chi connectivity index (χ0n) is 21.1. The number of carbonyl (C=O) groups is 2. The number of halogens is 1. The molecule has 0 spiro atoms. The van der Waals surface area contributed by atoms with Gasteiger partial charge in [0.1, 0.15) is 11.5 Å². The van der Waals surface area contributed by atoms with Gasteiger partial charge in [-0.1, -0.05) is 68.8 Å². The smallest absolute Gasteiger partial charge is 0.300 e. The third kappa shape index (κ3) is 4.51. The summed E-state index contributed by atoms with van der Waals surface area (Å²) in [5.41, 5.74) is 3.02. The molecule has 3 aromatic rings. The minimum Gasteiger partial charge on any atom is -0.507 e. The molecule has 0 radical (unpaired) electrons. The fraction of sp³-hybridized carbons (Fsp3) is 0.267. The number of aliphatic hydroxyl groups excluding tert-OH is 1. The predicted molar refractivity (Wildman–Crippen MR) is 144 cm³/mol. The highest BCUT2D eigenvalue weighted by atomic mass is 35.5. The van der Waals surface area contributed by atoms with Gasteiger partial charge in [0.2, 0.25) is 0 Å². The molecule has 0 bridgehead atoms. The summed E-state index contributed by atoms with van der Waals surface area (Å²) in [7, 11) is 0. The third-order valence-corrected chi connectivity index (χ3v) is 6.83. The Labute approximate surface area is 217 Å². The summed E-state index contributed by atoms with van der Waals surface area (Å²) in [5.74, 6) is -0.959. The number of hydrogen-bond acceptors (Lipinski definition) is 4. The average molecular weight is 504 g/mol. The van der Waals surface area contributed by atoms with E-state index in [0.717, 1.165) is 11.3 Å². The van der Waals surface area contributed by atoms with Crippen molar-refractivity contribution in [3.05, 3.63) is 99.6 Å². The van der Waals surface area contributed by atoms with Crippen LogP contribution in [0.5, 0.6) is 5.75 Å². The predicted octanol–water partition coefficient (Wildman–Crippen LogP) is 6.97. The van der Waals surface area contributed by atoms with Crippen LogP contribution in [0.15, 0.2) is 72.3 Å². The molecule has 1 saturated heterocycles. The van der Waals surface area contributed by atoms with E-state index in [1.165, 1.54) is 4.90 Å². The first-order chi connectivity index (χ1) is 17.1. The molecular weight excluding hydrogens is 474 g/mol. The van der Waals surface area contributed by atoms with Gasteiger partial charge in [0.25, 0.3) is 11.7 Å². The van der Waals surface area contributed by atoms with Crippen molar-refractivity contribution in [1.29, 1.82) is 0 Å². The molecule has 1 aliphatic rings. The summed E-state index contributed by atoms with van der Waals surface area (Å²) in [4.78, 5) is 28.3. The first-order valence-corrected chi connectivity index (χ1v) is 12.3. The Morgan fingerprint density at radius 1 is 1.03 bits per heavy atom. The first kappa shape index (κ1) is 25.5. The minimum atomic E-state index is -0.812. The van der Waals surface area contributed by atoms with Gasteiger partial charge in [-0.3, -0.25) is 14.5 Å². The highest BCUT2D eigenvalue weighted by Gasteiger charge is 2.47. The molecular formula is C30H30ClNO4. The number of nitrogens with zero attached hydrogens (tertiary/aromatic N) is 1. The number of amides is 1. The van der Waals surface area contributed by atoms with E-state index in [0.29, 0.717) is 34.0 Å². The van der Waals surface area contributed by atoms with Crippen molar-refractivity contribution in [2.24, 2.45) is 0 Å². The van der Waals surface area contributed by atoms with Gasteiger partial charge in [-0.2, -0.15) is 0 Å². The van der Waals surface area contributed by atoms with Crippen molar-refractivity contribution >= 4 is 34.7 Å². The molecule has 1 amide bonds. The molecule has 0 aliphatic carbocycles. The van der Waals surface area contributed by atoms with Crippen molar-refractivity contribution in [3.63, 3.8) is 0 Å². The van der Waals surface area contributed by atoms with Crippen LogP contribution in [0.2, 0.25) is 5.02 Å². The standard InChI is InChI=1S/C30H30ClNO4/c1-6-36-24-16-15-20(17-21(24)30(3,4)5)27(33)25-26(19-11-8-7-9-12-19)32(29(35)28(25)34)23-14-10-13-22(31)18(23)2/h7-17,26,33H,6H2,1-5H3/b27-25+. The lowest BCUT2D eigenvalue weighted by Gasteiger charge is -2.27. The molecule has 0 aromatic heterocycles. The number of Topliss-reactive ketones (excluding diaryl/α,β-unsaturated/α-hetero) is 1. The van der Waals surface area contributed by atoms with Crippen molar-refractivity contribution in [3.8, 4) is 5.75 Å². The van der Waals surface area contributed by atoms with Gasteiger partial charge in [0.15, 0.2) is 0 Å². The van der Waals surface area contributed by atoms with E-state index in [4.69, 9.17) is 16.3 Å². The Morgan fingerprint density at radius 3 is 2.36 bits per heavy atom. The highest BCUT2D eigenvalue weighted by molar-refractivity contribution is 6.52. The fourth-order valence-corrected chi connectivity index (χ4v) is 4.76. The van der Waals surface area contributed by atoms with E-state index in [-0.39, 0.29) is 16.7 Å². The van der Waals surface area contributed by atoms with Gasteiger partial charge >= 0.3 is 0 Å². The summed E-state index contributed by atoms with van der Waals surface area (Å²) >= 11 is 6.37. The molecule has 6 heteroatoms. The Kier molecular flexibility index (Phi) is 6.96. The lowest BCUT2D eigenvalue weighted by molar-refractivity contribution is -0.132. The number of rotatable bonds is 5. The molecule has 1 N–H and O–H groups in total. The van der Waals surface area contributed by atoms with E-state index >= 15 is 0 Å². The van der Waals surface area contributed by atoms with Gasteiger partial charge in [0, 0.05) is 21.8 Å². The van der Waals surface area contributed by atoms with Crippen LogP contribution in [0, 0.1) is 6.92 Å². The van der Waals surface area contributed by atoms with Gasteiger partial charge in [-0.05, 0) is 60.7 Å². The monoisotopic (exact) mass is 503 g/mol. The van der Waals surface area contributed by atoms with E-state index in [1.807, 2.05) is 43.3 Å². The van der Waals surface area contributed by atoms with E-state index in [2.05, 4.69) is 20.8 Å². The number of hydrogen-bond donors (Lipinski definition) is 1. The number of ether oxygens (including phenoxy) is 1.